The average molecular weight is 270 g/mol. The van der Waals surface area contributed by atoms with Crippen LogP contribution in [0, 0.1) is 11.3 Å². The molecule has 0 saturated heterocycles. The molecule has 0 aliphatic carbocycles. The van der Waals surface area contributed by atoms with Gasteiger partial charge in [0.1, 0.15) is 0 Å². The Kier molecular flexibility index (Phi) is 4.54. The molecule has 0 bridgehead atoms. The van der Waals surface area contributed by atoms with Gasteiger partial charge in [0.15, 0.2) is 6.29 Å². The van der Waals surface area contributed by atoms with Gasteiger partial charge in [-0.2, -0.15) is 18.4 Å². The Balaban J connectivity index is 3.19. The summed E-state index contributed by atoms with van der Waals surface area (Å²) in [6, 6.07) is 5.26. The van der Waals surface area contributed by atoms with Gasteiger partial charge in [-0.05, 0) is 25.1 Å². The van der Waals surface area contributed by atoms with Crippen molar-refractivity contribution in [1.29, 1.82) is 5.26 Å². The molecule has 0 amide bonds. The molecular formula is C13H13F3N2O. The van der Waals surface area contributed by atoms with E-state index in [9.17, 15) is 18.0 Å². The maximum Gasteiger partial charge on any atom is 0.417 e. The van der Waals surface area contributed by atoms with Gasteiger partial charge >= 0.3 is 6.18 Å². The molecule has 102 valence electrons. The van der Waals surface area contributed by atoms with Gasteiger partial charge in [-0.3, -0.25) is 4.79 Å². The lowest BCUT2D eigenvalue weighted by atomic mass is 10.1. The summed E-state index contributed by atoms with van der Waals surface area (Å²) in [6.45, 7) is 1.74. The van der Waals surface area contributed by atoms with Gasteiger partial charge in [0.05, 0.1) is 18.1 Å². The van der Waals surface area contributed by atoms with Crippen LogP contribution in [0.3, 0.4) is 0 Å². The summed E-state index contributed by atoms with van der Waals surface area (Å²) >= 11 is 0. The van der Waals surface area contributed by atoms with E-state index in [0.29, 0.717) is 5.69 Å². The molecule has 0 aliphatic heterocycles. The lowest BCUT2D eigenvalue weighted by molar-refractivity contribution is -0.137. The Morgan fingerprint density at radius 3 is 2.58 bits per heavy atom. The van der Waals surface area contributed by atoms with Gasteiger partial charge in [-0.1, -0.05) is 0 Å². The van der Waals surface area contributed by atoms with Crippen LogP contribution >= 0.6 is 0 Å². The Bertz CT molecular complexity index is 506. The second kappa shape index (κ2) is 5.74. The van der Waals surface area contributed by atoms with Crippen molar-refractivity contribution in [2.45, 2.75) is 25.6 Å². The van der Waals surface area contributed by atoms with Crippen molar-refractivity contribution in [3.63, 3.8) is 0 Å². The normalized spacial score (nSPS) is 12.6. The second-order valence-electron chi connectivity index (χ2n) is 4.21. The van der Waals surface area contributed by atoms with E-state index in [1.807, 2.05) is 6.07 Å². The molecule has 0 aliphatic rings. The molecule has 0 aromatic heterocycles. The van der Waals surface area contributed by atoms with E-state index in [2.05, 4.69) is 0 Å². The van der Waals surface area contributed by atoms with Crippen LogP contribution in [-0.4, -0.2) is 19.4 Å². The van der Waals surface area contributed by atoms with Crippen molar-refractivity contribution in [2.75, 3.05) is 11.9 Å². The van der Waals surface area contributed by atoms with Gasteiger partial charge in [-0.15, -0.1) is 0 Å². The molecule has 3 nitrogen and oxygen atoms in total. The highest BCUT2D eigenvalue weighted by Gasteiger charge is 2.34. The summed E-state index contributed by atoms with van der Waals surface area (Å²) in [5, 5.41) is 8.60. The van der Waals surface area contributed by atoms with Crippen LogP contribution in [0.4, 0.5) is 18.9 Å². The van der Waals surface area contributed by atoms with Crippen LogP contribution in [0.1, 0.15) is 29.3 Å². The molecule has 0 radical (unpaired) electrons. The van der Waals surface area contributed by atoms with Crippen molar-refractivity contribution in [3.05, 3.63) is 29.3 Å². The van der Waals surface area contributed by atoms with Crippen LogP contribution in [0.25, 0.3) is 0 Å². The highest BCUT2D eigenvalue weighted by molar-refractivity contribution is 5.79. The fourth-order valence-corrected chi connectivity index (χ4v) is 1.64. The van der Waals surface area contributed by atoms with Crippen LogP contribution in [0.5, 0.6) is 0 Å². The molecule has 1 rings (SSSR count). The van der Waals surface area contributed by atoms with Crippen LogP contribution in [-0.2, 0) is 6.18 Å². The first-order valence-corrected chi connectivity index (χ1v) is 5.57. The summed E-state index contributed by atoms with van der Waals surface area (Å²) in [5.41, 5.74) is -1.03. The van der Waals surface area contributed by atoms with E-state index in [4.69, 9.17) is 5.26 Å². The lowest BCUT2D eigenvalue weighted by Gasteiger charge is -2.26. The molecule has 1 atom stereocenters. The maximum absolute atomic E-state index is 12.8. The Morgan fingerprint density at radius 1 is 1.47 bits per heavy atom. The van der Waals surface area contributed by atoms with E-state index in [-0.39, 0.29) is 18.7 Å². The number of benzene rings is 1. The van der Waals surface area contributed by atoms with E-state index in [1.54, 1.807) is 18.9 Å². The largest absolute Gasteiger partial charge is 0.417 e. The minimum Gasteiger partial charge on any atom is -0.371 e. The number of nitriles is 1. The van der Waals surface area contributed by atoms with E-state index < -0.39 is 17.3 Å². The number of nitrogens with zero attached hydrogens (tertiary/aromatic N) is 2. The van der Waals surface area contributed by atoms with E-state index in [0.717, 1.165) is 12.1 Å². The minimum atomic E-state index is -4.58. The second-order valence-corrected chi connectivity index (χ2v) is 4.21. The number of hydrogen-bond acceptors (Lipinski definition) is 3. The maximum atomic E-state index is 12.8. The van der Waals surface area contributed by atoms with Crippen LogP contribution in [0.2, 0.25) is 0 Å². The quantitative estimate of drug-likeness (QED) is 0.789. The van der Waals surface area contributed by atoms with Gasteiger partial charge in [0.25, 0.3) is 0 Å². The van der Waals surface area contributed by atoms with Gasteiger partial charge in [-0.25, -0.2) is 0 Å². The van der Waals surface area contributed by atoms with Crippen molar-refractivity contribution in [1.82, 2.24) is 0 Å². The molecule has 6 heteroatoms. The number of anilines is 1. The smallest absolute Gasteiger partial charge is 0.371 e. The van der Waals surface area contributed by atoms with Crippen LogP contribution in [0.15, 0.2) is 18.2 Å². The van der Waals surface area contributed by atoms with E-state index >= 15 is 0 Å². The summed E-state index contributed by atoms with van der Waals surface area (Å²) in [6.07, 6.45) is -4.19. The third-order valence-corrected chi connectivity index (χ3v) is 2.92. The first-order valence-electron chi connectivity index (χ1n) is 5.57. The first-order chi connectivity index (χ1) is 8.81. The third kappa shape index (κ3) is 3.47. The molecule has 0 spiro atoms. The number of alkyl halides is 3. The number of rotatable bonds is 4. The lowest BCUT2D eigenvalue weighted by Crippen LogP contribution is -2.28. The highest BCUT2D eigenvalue weighted by Crippen LogP contribution is 2.34. The van der Waals surface area contributed by atoms with E-state index in [1.165, 1.54) is 6.07 Å². The van der Waals surface area contributed by atoms with Crippen molar-refractivity contribution < 1.29 is 18.0 Å². The SMILES string of the molecule is CC(CC#N)N(C)c1ccc(C=O)c(C(F)(F)F)c1. The Labute approximate surface area is 109 Å². The first kappa shape index (κ1) is 15.0. The Morgan fingerprint density at radius 2 is 2.11 bits per heavy atom. The van der Waals surface area contributed by atoms with Crippen molar-refractivity contribution in [2.24, 2.45) is 0 Å². The Hall–Kier alpha value is -2.03. The highest BCUT2D eigenvalue weighted by atomic mass is 19.4. The summed E-state index contributed by atoms with van der Waals surface area (Å²) in [4.78, 5) is 12.2. The fourth-order valence-electron chi connectivity index (χ4n) is 1.64. The molecule has 0 fully saturated rings. The molecular weight excluding hydrogens is 257 g/mol. The number of aldehydes is 1. The van der Waals surface area contributed by atoms with Gasteiger partial charge in [0, 0.05) is 24.3 Å². The molecule has 1 aromatic rings. The molecule has 19 heavy (non-hydrogen) atoms. The molecule has 0 saturated carbocycles. The number of hydrogen-bond donors (Lipinski definition) is 0. The fraction of sp³-hybridized carbons (Fsp3) is 0.385. The topological polar surface area (TPSA) is 44.1 Å². The molecule has 1 unspecified atom stereocenters. The number of halogens is 3. The molecule has 0 N–H and O–H groups in total. The predicted octanol–water partition coefficient (Wildman–Crippen LogP) is 3.26. The standard InChI is InChI=1S/C13H13F3N2O/c1-9(5-6-17)18(2)11-4-3-10(8-19)12(7-11)13(14,15)16/h3-4,7-9H,5H2,1-2H3. The van der Waals surface area contributed by atoms with Crippen LogP contribution < -0.4 is 4.90 Å². The molecule has 0 heterocycles. The summed E-state index contributed by atoms with van der Waals surface area (Å²) < 4.78 is 38.4. The minimum absolute atomic E-state index is 0.186. The summed E-state index contributed by atoms with van der Waals surface area (Å²) in [7, 11) is 1.61. The van der Waals surface area contributed by atoms with Crippen molar-refractivity contribution >= 4 is 12.0 Å². The predicted molar refractivity (Wildman–Crippen MR) is 64.9 cm³/mol. The number of carbonyl (C=O) groups is 1. The third-order valence-electron chi connectivity index (χ3n) is 2.92. The van der Waals surface area contributed by atoms with Gasteiger partial charge in [0.2, 0.25) is 0 Å². The molecule has 1 aromatic carbocycles. The summed E-state index contributed by atoms with van der Waals surface area (Å²) in [5.74, 6) is 0. The average Bonchev–Trinajstić information content (AvgIpc) is 2.36. The van der Waals surface area contributed by atoms with Crippen molar-refractivity contribution in [3.8, 4) is 6.07 Å². The number of carbonyl (C=O) groups excluding carboxylic acids is 1. The zero-order chi connectivity index (χ0) is 14.6. The zero-order valence-electron chi connectivity index (χ0n) is 10.5. The monoisotopic (exact) mass is 270 g/mol. The van der Waals surface area contributed by atoms with Gasteiger partial charge < -0.3 is 4.90 Å². The zero-order valence-corrected chi connectivity index (χ0v) is 10.5.